The van der Waals surface area contributed by atoms with Crippen molar-refractivity contribution in [1.29, 1.82) is 0 Å². The van der Waals surface area contributed by atoms with Gasteiger partial charge in [-0.3, -0.25) is 4.90 Å². The van der Waals surface area contributed by atoms with E-state index in [1.54, 1.807) is 0 Å². The Bertz CT molecular complexity index is 1130. The summed E-state index contributed by atoms with van der Waals surface area (Å²) in [4.78, 5) is 16.6. The van der Waals surface area contributed by atoms with E-state index in [9.17, 15) is 31.7 Å². The molecule has 180 valence electrons. The molecule has 0 spiro atoms. The van der Waals surface area contributed by atoms with E-state index in [2.05, 4.69) is 14.8 Å². The highest BCUT2D eigenvalue weighted by molar-refractivity contribution is 7.90. The molecule has 9 nitrogen and oxygen atoms in total. The lowest BCUT2D eigenvalue weighted by Gasteiger charge is -2.26. The Kier molecular flexibility index (Phi) is 7.42. The van der Waals surface area contributed by atoms with Crippen LogP contribution in [0.1, 0.15) is 30.7 Å². The molecule has 33 heavy (non-hydrogen) atoms. The largest absolute Gasteiger partial charge is 0.435 e. The van der Waals surface area contributed by atoms with Gasteiger partial charge in [-0.1, -0.05) is 6.08 Å². The van der Waals surface area contributed by atoms with E-state index in [1.165, 1.54) is 28.9 Å². The third-order valence-corrected chi connectivity index (χ3v) is 6.33. The molecule has 2 heterocycles. The van der Waals surface area contributed by atoms with Crippen molar-refractivity contribution >= 4 is 15.4 Å². The van der Waals surface area contributed by atoms with Crippen molar-refractivity contribution in [3.05, 3.63) is 57.9 Å². The quantitative estimate of drug-likeness (QED) is 0.303. The molecule has 1 aromatic carbocycles. The fraction of sp³-hybridized carbons (Fsp3) is 0.450. The SMILES string of the molecule is CS(=O)(=O)c1ccc(-n2nc(C(F)(F)F)cc2C2=CCN(CCCCO[N+](=O)[O-])CC2)cc1. The summed E-state index contributed by atoms with van der Waals surface area (Å²) < 4.78 is 64.6. The number of unbranched alkanes of at least 4 members (excludes halogenated alkanes) is 1. The number of benzene rings is 1. The molecule has 0 atom stereocenters. The lowest BCUT2D eigenvalue weighted by Crippen LogP contribution is -2.30. The smallest absolute Gasteiger partial charge is 0.314 e. The van der Waals surface area contributed by atoms with Crippen LogP contribution >= 0.6 is 0 Å². The van der Waals surface area contributed by atoms with Gasteiger partial charge in [-0.25, -0.2) is 13.1 Å². The Labute approximate surface area is 188 Å². The Hall–Kier alpha value is -2.93. The molecule has 0 amide bonds. The summed E-state index contributed by atoms with van der Waals surface area (Å²) in [5.41, 5.74) is 0.299. The van der Waals surface area contributed by atoms with Gasteiger partial charge in [0.1, 0.15) is 0 Å². The number of sulfone groups is 1. The second-order valence-corrected chi connectivity index (χ2v) is 9.65. The van der Waals surface area contributed by atoms with Crippen LogP contribution in [0.5, 0.6) is 0 Å². The normalized spacial score (nSPS) is 15.3. The van der Waals surface area contributed by atoms with E-state index in [-0.39, 0.29) is 11.5 Å². The highest BCUT2D eigenvalue weighted by Crippen LogP contribution is 2.33. The molecule has 2 aromatic rings. The molecule has 13 heteroatoms. The first kappa shape index (κ1) is 24.7. The molecule has 0 aliphatic carbocycles. The summed E-state index contributed by atoms with van der Waals surface area (Å²) >= 11 is 0. The molecule has 0 bridgehead atoms. The van der Waals surface area contributed by atoms with Crippen molar-refractivity contribution in [2.24, 2.45) is 0 Å². The molecule has 1 aromatic heterocycles. The second-order valence-electron chi connectivity index (χ2n) is 7.63. The number of nitrogens with zero attached hydrogens (tertiary/aromatic N) is 4. The van der Waals surface area contributed by atoms with E-state index in [0.29, 0.717) is 55.9 Å². The Morgan fingerprint density at radius 1 is 1.21 bits per heavy atom. The first-order valence-electron chi connectivity index (χ1n) is 10.1. The maximum absolute atomic E-state index is 13.4. The molecule has 0 saturated carbocycles. The van der Waals surface area contributed by atoms with Gasteiger partial charge >= 0.3 is 6.18 Å². The monoisotopic (exact) mass is 488 g/mol. The maximum atomic E-state index is 13.4. The Morgan fingerprint density at radius 3 is 2.45 bits per heavy atom. The standard InChI is InChI=1S/C20H23F3N4O5S/c1-33(30,31)17-6-4-16(5-7-17)26-18(14-19(24-26)20(21,22)23)15-8-11-25(12-9-15)10-2-3-13-32-27(28)29/h4-8,14H,2-3,9-13H2,1H3. The minimum Gasteiger partial charge on any atom is -0.314 e. The molecule has 0 fully saturated rings. The minimum absolute atomic E-state index is 0.0272. The summed E-state index contributed by atoms with van der Waals surface area (Å²) in [6, 6.07) is 6.53. The molecule has 3 rings (SSSR count). The van der Waals surface area contributed by atoms with E-state index < -0.39 is 26.8 Å². The van der Waals surface area contributed by atoms with Crippen molar-refractivity contribution < 1.29 is 31.5 Å². The van der Waals surface area contributed by atoms with Crippen LogP contribution in [0.3, 0.4) is 0 Å². The fourth-order valence-corrected chi connectivity index (χ4v) is 4.13. The van der Waals surface area contributed by atoms with Crippen LogP contribution < -0.4 is 0 Å². The number of alkyl halides is 3. The summed E-state index contributed by atoms with van der Waals surface area (Å²) in [6.45, 7) is 1.84. The fourth-order valence-electron chi connectivity index (χ4n) is 3.50. The highest BCUT2D eigenvalue weighted by Gasteiger charge is 2.35. The molecule has 1 aliphatic heterocycles. The van der Waals surface area contributed by atoms with E-state index >= 15 is 0 Å². The average molecular weight is 488 g/mol. The lowest BCUT2D eigenvalue weighted by molar-refractivity contribution is -0.757. The molecular weight excluding hydrogens is 465 g/mol. The number of hydrogen-bond acceptors (Lipinski definition) is 7. The lowest BCUT2D eigenvalue weighted by atomic mass is 10.0. The maximum Gasteiger partial charge on any atom is 0.435 e. The topological polar surface area (TPSA) is 108 Å². The Balaban J connectivity index is 1.78. The van der Waals surface area contributed by atoms with Gasteiger partial charge in [-0.05, 0) is 61.7 Å². The third kappa shape index (κ3) is 6.54. The highest BCUT2D eigenvalue weighted by atomic mass is 32.2. The molecule has 0 radical (unpaired) electrons. The van der Waals surface area contributed by atoms with Crippen molar-refractivity contribution in [3.8, 4) is 5.69 Å². The van der Waals surface area contributed by atoms with Crippen LogP contribution in [-0.2, 0) is 20.9 Å². The van der Waals surface area contributed by atoms with Crippen LogP contribution in [0.4, 0.5) is 13.2 Å². The molecule has 1 aliphatic rings. The number of rotatable bonds is 9. The van der Waals surface area contributed by atoms with Crippen molar-refractivity contribution in [3.63, 3.8) is 0 Å². The zero-order valence-electron chi connectivity index (χ0n) is 17.8. The second kappa shape index (κ2) is 9.91. The molecule has 0 N–H and O–H groups in total. The summed E-state index contributed by atoms with van der Waals surface area (Å²) in [5.74, 6) is 0. The van der Waals surface area contributed by atoms with Gasteiger partial charge in [0.05, 0.1) is 22.9 Å². The van der Waals surface area contributed by atoms with E-state index in [4.69, 9.17) is 0 Å². The van der Waals surface area contributed by atoms with Crippen LogP contribution in [0, 0.1) is 10.1 Å². The summed E-state index contributed by atoms with van der Waals surface area (Å²) in [6.07, 6.45) is -0.0126. The van der Waals surface area contributed by atoms with Gasteiger partial charge in [0.15, 0.2) is 15.5 Å². The predicted molar refractivity (Wildman–Crippen MR) is 113 cm³/mol. The van der Waals surface area contributed by atoms with Crippen molar-refractivity contribution in [2.75, 3.05) is 32.5 Å². The third-order valence-electron chi connectivity index (χ3n) is 5.20. The molecule has 0 saturated heterocycles. The summed E-state index contributed by atoms with van der Waals surface area (Å²) in [5, 5.41) is 13.1. The molecular formula is C20H23F3N4O5S. The number of hydrogen-bond donors (Lipinski definition) is 0. The van der Waals surface area contributed by atoms with Crippen LogP contribution in [-0.4, -0.2) is 60.7 Å². The van der Waals surface area contributed by atoms with E-state index in [0.717, 1.165) is 12.3 Å². The first-order valence-corrected chi connectivity index (χ1v) is 12.0. The molecule has 0 unspecified atom stereocenters. The average Bonchev–Trinajstić information content (AvgIpc) is 3.19. The van der Waals surface area contributed by atoms with Gasteiger partial charge in [-0.2, -0.15) is 18.3 Å². The van der Waals surface area contributed by atoms with Gasteiger partial charge in [0.25, 0.3) is 5.09 Å². The zero-order chi connectivity index (χ0) is 24.2. The van der Waals surface area contributed by atoms with Gasteiger partial charge in [-0.15, -0.1) is 10.1 Å². The predicted octanol–water partition coefficient (Wildman–Crippen LogP) is 3.37. The van der Waals surface area contributed by atoms with Crippen LogP contribution in [0.15, 0.2) is 41.3 Å². The Morgan fingerprint density at radius 2 is 1.91 bits per heavy atom. The van der Waals surface area contributed by atoms with Gasteiger partial charge in [0, 0.05) is 19.3 Å². The van der Waals surface area contributed by atoms with Gasteiger partial charge < -0.3 is 4.84 Å². The van der Waals surface area contributed by atoms with Crippen molar-refractivity contribution in [2.45, 2.75) is 30.3 Å². The zero-order valence-corrected chi connectivity index (χ0v) is 18.6. The van der Waals surface area contributed by atoms with E-state index in [1.807, 2.05) is 6.08 Å². The van der Waals surface area contributed by atoms with Crippen LogP contribution in [0.25, 0.3) is 11.3 Å². The minimum atomic E-state index is -4.63. The van der Waals surface area contributed by atoms with Crippen LogP contribution in [0.2, 0.25) is 0 Å². The van der Waals surface area contributed by atoms with Gasteiger partial charge in [0.2, 0.25) is 0 Å². The summed E-state index contributed by atoms with van der Waals surface area (Å²) in [7, 11) is -3.44. The number of aromatic nitrogens is 2. The number of halogens is 3. The van der Waals surface area contributed by atoms with Crippen molar-refractivity contribution in [1.82, 2.24) is 14.7 Å². The first-order chi connectivity index (χ1) is 15.4.